The number of hydrogen-bond donors (Lipinski definition) is 2. The molecule has 1 aromatic rings. The predicted molar refractivity (Wildman–Crippen MR) is 121 cm³/mol. The second-order valence-corrected chi connectivity index (χ2v) is 9.05. The van der Waals surface area contributed by atoms with Crippen molar-refractivity contribution in [2.45, 2.75) is 37.3 Å². The first-order valence-corrected chi connectivity index (χ1v) is 11.8. The maximum absolute atomic E-state index is 12.9. The van der Waals surface area contributed by atoms with Crippen LogP contribution in [0, 0.1) is 5.92 Å². The molecule has 2 N–H and O–H groups in total. The van der Waals surface area contributed by atoms with Gasteiger partial charge in [-0.1, -0.05) is 0 Å². The van der Waals surface area contributed by atoms with E-state index in [9.17, 15) is 31.1 Å². The summed E-state index contributed by atoms with van der Waals surface area (Å²) in [5, 5.41) is 14.2. The van der Waals surface area contributed by atoms with E-state index in [0.717, 1.165) is 58.7 Å². The van der Waals surface area contributed by atoms with Gasteiger partial charge in [-0.15, -0.1) is 0 Å². The number of carboxylic acids is 2. The van der Waals surface area contributed by atoms with Gasteiger partial charge in [0.1, 0.15) is 12.0 Å². The van der Waals surface area contributed by atoms with E-state index in [4.69, 9.17) is 24.5 Å². The molecule has 17 heteroatoms. The van der Waals surface area contributed by atoms with E-state index in [1.807, 2.05) is 4.90 Å². The number of carbonyl (C=O) groups is 3. The fraction of sp³-hybridized carbons (Fsp3) is 0.682. The van der Waals surface area contributed by atoms with E-state index >= 15 is 0 Å². The number of alkyl halides is 6. The average Bonchev–Trinajstić information content (AvgIpc) is 2.88. The zero-order chi connectivity index (χ0) is 29.4. The maximum Gasteiger partial charge on any atom is 0.490 e. The Morgan fingerprint density at radius 2 is 1.54 bits per heavy atom. The lowest BCUT2D eigenvalue weighted by Gasteiger charge is -2.50. The highest BCUT2D eigenvalue weighted by Crippen LogP contribution is 2.32. The number of amides is 1. The highest BCUT2D eigenvalue weighted by molar-refractivity contribution is 5.92. The lowest BCUT2D eigenvalue weighted by molar-refractivity contribution is -0.193. The Morgan fingerprint density at radius 1 is 0.974 bits per heavy atom. The molecule has 3 fully saturated rings. The number of halogens is 6. The lowest BCUT2D eigenvalue weighted by Crippen LogP contribution is -2.64. The number of carbonyl (C=O) groups excluding carboxylic acids is 1. The summed E-state index contributed by atoms with van der Waals surface area (Å²) >= 11 is 0. The Balaban J connectivity index is 0.000000317. The van der Waals surface area contributed by atoms with Crippen LogP contribution in [-0.4, -0.2) is 130 Å². The first-order chi connectivity index (χ1) is 18.1. The zero-order valence-electron chi connectivity index (χ0n) is 20.9. The molecule has 0 bridgehead atoms. The molecule has 39 heavy (non-hydrogen) atoms. The van der Waals surface area contributed by atoms with Crippen molar-refractivity contribution in [2.75, 3.05) is 52.9 Å². The molecule has 0 saturated carbocycles. The molecule has 3 aliphatic heterocycles. The van der Waals surface area contributed by atoms with Crippen LogP contribution in [0.5, 0.6) is 0 Å². The third-order valence-electron chi connectivity index (χ3n) is 6.32. The number of piperidine rings is 1. The van der Waals surface area contributed by atoms with Crippen molar-refractivity contribution in [3.63, 3.8) is 0 Å². The number of hydrogen-bond acceptors (Lipinski definition) is 8. The molecule has 1 aromatic heterocycles. The van der Waals surface area contributed by atoms with Crippen molar-refractivity contribution in [3.05, 3.63) is 24.3 Å². The van der Waals surface area contributed by atoms with Gasteiger partial charge in [-0.2, -0.15) is 26.3 Å². The largest absolute Gasteiger partial charge is 0.490 e. The number of nitrogens with zero attached hydrogens (tertiary/aromatic N) is 5. The predicted octanol–water partition coefficient (Wildman–Crippen LogP) is 1.61. The lowest BCUT2D eigenvalue weighted by atomic mass is 9.84. The molecule has 1 amide bonds. The van der Waals surface area contributed by atoms with E-state index in [2.05, 4.69) is 26.8 Å². The van der Waals surface area contributed by atoms with Gasteiger partial charge in [0.15, 0.2) is 0 Å². The first kappa shape index (κ1) is 32.2. The maximum atomic E-state index is 12.9. The summed E-state index contributed by atoms with van der Waals surface area (Å²) in [5.74, 6) is -5.07. The van der Waals surface area contributed by atoms with E-state index in [0.29, 0.717) is 17.7 Å². The molecule has 0 radical (unpaired) electrons. The van der Waals surface area contributed by atoms with Gasteiger partial charge in [0.25, 0.3) is 5.91 Å². The van der Waals surface area contributed by atoms with Gasteiger partial charge in [-0.3, -0.25) is 9.69 Å². The summed E-state index contributed by atoms with van der Waals surface area (Å²) in [6.07, 6.45) is -4.60. The van der Waals surface area contributed by atoms with Crippen LogP contribution >= 0.6 is 0 Å². The molecule has 220 valence electrons. The molecule has 3 saturated heterocycles. The monoisotopic (exact) mass is 573 g/mol. The number of aromatic nitrogens is 2. The summed E-state index contributed by atoms with van der Waals surface area (Å²) in [6, 6.07) is 2.00. The Kier molecular flexibility index (Phi) is 11.4. The Morgan fingerprint density at radius 3 is 2.03 bits per heavy atom. The molecule has 0 spiro atoms. The molecule has 3 aliphatic rings. The van der Waals surface area contributed by atoms with Crippen LogP contribution in [0.4, 0.5) is 26.3 Å². The number of likely N-dealkylation sites (N-methyl/N-ethyl adjacent to an activating group) is 1. The fourth-order valence-corrected chi connectivity index (χ4v) is 4.39. The smallest absolute Gasteiger partial charge is 0.475 e. The third-order valence-corrected chi connectivity index (χ3v) is 6.32. The number of fused-ring (bicyclic) bond motifs is 1. The minimum Gasteiger partial charge on any atom is -0.475 e. The third kappa shape index (κ3) is 9.89. The van der Waals surface area contributed by atoms with Gasteiger partial charge >= 0.3 is 24.3 Å². The van der Waals surface area contributed by atoms with Gasteiger partial charge in [0.2, 0.25) is 0 Å². The normalized spacial score (nSPS) is 24.3. The molecule has 0 aromatic carbocycles. The Hall–Kier alpha value is -3.05. The molecular formula is C22H29F6N5O6. The molecule has 0 unspecified atom stereocenters. The molecule has 11 nitrogen and oxygen atoms in total. The highest BCUT2D eigenvalue weighted by atomic mass is 19.4. The Bertz CT molecular complexity index is 935. The van der Waals surface area contributed by atoms with Crippen LogP contribution in [0.2, 0.25) is 0 Å². The van der Waals surface area contributed by atoms with E-state index in [1.165, 1.54) is 6.33 Å². The van der Waals surface area contributed by atoms with Crippen molar-refractivity contribution in [2.24, 2.45) is 5.92 Å². The topological polar surface area (TPSA) is 136 Å². The van der Waals surface area contributed by atoms with Crippen LogP contribution in [-0.2, 0) is 14.3 Å². The summed E-state index contributed by atoms with van der Waals surface area (Å²) < 4.78 is 69.7. The van der Waals surface area contributed by atoms with E-state index in [1.54, 1.807) is 12.3 Å². The van der Waals surface area contributed by atoms with E-state index in [-0.39, 0.29) is 12.0 Å². The number of rotatable bonds is 2. The molecular weight excluding hydrogens is 544 g/mol. The zero-order valence-corrected chi connectivity index (χ0v) is 20.9. The van der Waals surface area contributed by atoms with Crippen molar-refractivity contribution in [1.82, 2.24) is 24.7 Å². The number of ether oxygens (including phenoxy) is 1. The van der Waals surface area contributed by atoms with Crippen molar-refractivity contribution >= 4 is 17.8 Å². The van der Waals surface area contributed by atoms with Crippen LogP contribution in [0.3, 0.4) is 0 Å². The minimum atomic E-state index is -5.08. The molecule has 3 atom stereocenters. The fourth-order valence-electron chi connectivity index (χ4n) is 4.39. The van der Waals surface area contributed by atoms with Gasteiger partial charge in [0.05, 0.1) is 12.1 Å². The summed E-state index contributed by atoms with van der Waals surface area (Å²) in [7, 11) is 2.17. The van der Waals surface area contributed by atoms with Crippen LogP contribution in [0.25, 0.3) is 0 Å². The summed E-state index contributed by atoms with van der Waals surface area (Å²) in [4.78, 5) is 45.7. The van der Waals surface area contributed by atoms with Crippen LogP contribution in [0.1, 0.15) is 23.3 Å². The molecule has 0 aliphatic carbocycles. The SMILES string of the molecule is CN1CCN([C@@H]2CN(C(=O)c3ccncn3)C[C@@H]3CCCO[C@@H]32)CC1.O=C(O)C(F)(F)F.O=C(O)C(F)(F)F. The highest BCUT2D eigenvalue weighted by Gasteiger charge is 2.44. The Labute approximate surface area is 219 Å². The van der Waals surface area contributed by atoms with E-state index < -0.39 is 24.3 Å². The van der Waals surface area contributed by atoms with Crippen LogP contribution in [0.15, 0.2) is 18.6 Å². The summed E-state index contributed by atoms with van der Waals surface area (Å²) in [5.41, 5.74) is 0.488. The number of carboxylic acid groups (broad SMARTS) is 2. The standard InChI is InChI=1S/C18H27N5O2.2C2HF3O2/c1-21-6-8-22(9-7-21)16-12-23(11-14-3-2-10-25-17(14)16)18(24)15-4-5-19-13-20-15;2*3-2(4,5)1(6)7/h4-5,13-14,16-17H,2-3,6-12H2,1H3;2*(H,6,7)/t14-,16+,17-;;/m0../s1. The quantitative estimate of drug-likeness (QED) is 0.503. The van der Waals surface area contributed by atoms with Crippen LogP contribution < -0.4 is 0 Å². The van der Waals surface area contributed by atoms with Crippen molar-refractivity contribution in [1.29, 1.82) is 0 Å². The number of likely N-dealkylation sites (tertiary alicyclic amines) is 1. The average molecular weight is 573 g/mol. The van der Waals surface area contributed by atoms with Crippen molar-refractivity contribution in [3.8, 4) is 0 Å². The van der Waals surface area contributed by atoms with Gasteiger partial charge in [-0.05, 0) is 26.0 Å². The van der Waals surface area contributed by atoms with Gasteiger partial charge in [0, 0.05) is 58.0 Å². The first-order valence-electron chi connectivity index (χ1n) is 11.8. The summed E-state index contributed by atoms with van der Waals surface area (Å²) in [6.45, 7) is 6.60. The van der Waals surface area contributed by atoms with Gasteiger partial charge < -0.3 is 24.7 Å². The minimum absolute atomic E-state index is 0.0190. The number of piperazine rings is 1. The number of aliphatic carboxylic acids is 2. The second kappa shape index (κ2) is 13.8. The van der Waals surface area contributed by atoms with Crippen molar-refractivity contribution < 1.29 is 55.7 Å². The second-order valence-electron chi connectivity index (χ2n) is 9.05. The van der Waals surface area contributed by atoms with Gasteiger partial charge in [-0.25, -0.2) is 19.6 Å². The molecule has 4 rings (SSSR count). The molecule has 4 heterocycles.